The van der Waals surface area contributed by atoms with E-state index >= 15 is 0 Å². The van der Waals surface area contributed by atoms with E-state index in [0.717, 1.165) is 17.1 Å². The van der Waals surface area contributed by atoms with Crippen LogP contribution < -0.4 is 0 Å². The molecule has 5 nitrogen and oxygen atoms in total. The summed E-state index contributed by atoms with van der Waals surface area (Å²) in [5, 5.41) is 9.50. The topological polar surface area (TPSA) is 63.6 Å². The molecule has 2 heterocycles. The number of thioether (sulfide) groups is 1. The van der Waals surface area contributed by atoms with Crippen molar-refractivity contribution in [2.24, 2.45) is 0 Å². The number of nitrogens with one attached hydrogen (secondary N) is 1. The first-order valence-corrected chi connectivity index (χ1v) is 9.99. The van der Waals surface area contributed by atoms with E-state index in [-0.39, 0.29) is 5.78 Å². The number of carbonyl (C=O) groups is 1. The van der Waals surface area contributed by atoms with E-state index in [9.17, 15) is 4.79 Å². The predicted molar refractivity (Wildman–Crippen MR) is 112 cm³/mol. The summed E-state index contributed by atoms with van der Waals surface area (Å²) in [7, 11) is 0. The van der Waals surface area contributed by atoms with Gasteiger partial charge in [-0.2, -0.15) is 0 Å². The van der Waals surface area contributed by atoms with Gasteiger partial charge in [-0.15, -0.1) is 10.2 Å². The first-order chi connectivity index (χ1) is 13.6. The van der Waals surface area contributed by atoms with Crippen molar-refractivity contribution < 1.29 is 4.79 Å². The highest BCUT2D eigenvalue weighted by atomic mass is 32.2. The van der Waals surface area contributed by atoms with Crippen LogP contribution in [0.4, 0.5) is 0 Å². The van der Waals surface area contributed by atoms with Crippen LogP contribution in [0.2, 0.25) is 0 Å². The highest BCUT2D eigenvalue weighted by Crippen LogP contribution is 2.28. The molecule has 140 valence electrons. The maximum atomic E-state index is 12.4. The van der Waals surface area contributed by atoms with Crippen molar-refractivity contribution in [1.82, 2.24) is 19.7 Å². The average molecular weight is 388 g/mol. The summed E-state index contributed by atoms with van der Waals surface area (Å²) >= 11 is 1.39. The number of benzene rings is 2. The van der Waals surface area contributed by atoms with Crippen LogP contribution in [0.3, 0.4) is 0 Å². The number of aromatic amines is 1. The molecule has 0 aliphatic carbocycles. The van der Waals surface area contributed by atoms with E-state index in [0.29, 0.717) is 16.6 Å². The summed E-state index contributed by atoms with van der Waals surface area (Å²) in [6.45, 7) is 4.11. The second-order valence-electron chi connectivity index (χ2n) is 6.64. The van der Waals surface area contributed by atoms with Crippen molar-refractivity contribution in [2.45, 2.75) is 19.0 Å². The van der Waals surface area contributed by atoms with Crippen molar-refractivity contribution >= 4 is 17.5 Å². The Hall–Kier alpha value is -3.12. The highest BCUT2D eigenvalue weighted by Gasteiger charge is 2.18. The minimum atomic E-state index is 0.0327. The molecular weight excluding hydrogens is 368 g/mol. The van der Waals surface area contributed by atoms with Gasteiger partial charge in [0.15, 0.2) is 16.8 Å². The molecule has 0 atom stereocenters. The first kappa shape index (κ1) is 18.3. The monoisotopic (exact) mass is 388 g/mol. The standard InChI is InChI=1S/C22H20N4OS/c1-15-5-9-17(10-6-15)21-24-25-22(26(21)18-11-7-16(2)8-12-18)28-14-20(27)19-4-3-13-23-19/h3-13,23H,14H2,1-2H3. The maximum absolute atomic E-state index is 12.4. The van der Waals surface area contributed by atoms with Crippen molar-refractivity contribution in [3.8, 4) is 17.1 Å². The Bertz CT molecular complexity index is 1080. The molecule has 6 heteroatoms. The van der Waals surface area contributed by atoms with Gasteiger partial charge in [0.25, 0.3) is 0 Å². The summed E-state index contributed by atoms with van der Waals surface area (Å²) in [6, 6.07) is 20.0. The van der Waals surface area contributed by atoms with Gasteiger partial charge in [-0.05, 0) is 38.1 Å². The van der Waals surface area contributed by atoms with Gasteiger partial charge in [-0.25, -0.2) is 0 Å². The molecule has 4 rings (SSSR count). The molecule has 0 amide bonds. The van der Waals surface area contributed by atoms with E-state index in [4.69, 9.17) is 0 Å². The third kappa shape index (κ3) is 3.77. The molecule has 0 saturated carbocycles. The molecule has 1 N–H and O–H groups in total. The van der Waals surface area contributed by atoms with Crippen LogP contribution in [-0.2, 0) is 0 Å². The summed E-state index contributed by atoms with van der Waals surface area (Å²) in [5.74, 6) is 1.09. The zero-order chi connectivity index (χ0) is 19.5. The van der Waals surface area contributed by atoms with Crippen molar-refractivity contribution in [3.05, 3.63) is 83.7 Å². The Morgan fingerprint density at radius 3 is 2.29 bits per heavy atom. The fraction of sp³-hybridized carbons (Fsp3) is 0.136. The molecule has 2 aromatic heterocycles. The lowest BCUT2D eigenvalue weighted by molar-refractivity contribution is 0.101. The van der Waals surface area contributed by atoms with E-state index < -0.39 is 0 Å². The van der Waals surface area contributed by atoms with Crippen LogP contribution in [0.15, 0.2) is 72.0 Å². The summed E-state index contributed by atoms with van der Waals surface area (Å²) in [5.41, 5.74) is 4.94. The molecule has 0 unspecified atom stereocenters. The quantitative estimate of drug-likeness (QED) is 0.379. The number of carbonyl (C=O) groups excluding carboxylic acids is 1. The lowest BCUT2D eigenvalue weighted by atomic mass is 10.1. The lowest BCUT2D eigenvalue weighted by Crippen LogP contribution is -2.05. The molecule has 4 aromatic rings. The zero-order valence-electron chi connectivity index (χ0n) is 15.7. The van der Waals surface area contributed by atoms with Gasteiger partial charge in [0.1, 0.15) is 0 Å². The Labute approximate surface area is 167 Å². The molecule has 0 aliphatic heterocycles. The molecule has 2 aromatic carbocycles. The third-order valence-electron chi connectivity index (χ3n) is 4.47. The number of hydrogen-bond acceptors (Lipinski definition) is 4. The van der Waals surface area contributed by atoms with Crippen LogP contribution >= 0.6 is 11.8 Å². The fourth-order valence-electron chi connectivity index (χ4n) is 2.89. The Morgan fingerprint density at radius 1 is 0.964 bits per heavy atom. The fourth-order valence-corrected chi connectivity index (χ4v) is 3.73. The number of hydrogen-bond donors (Lipinski definition) is 1. The van der Waals surface area contributed by atoms with Gasteiger partial charge >= 0.3 is 0 Å². The molecule has 0 radical (unpaired) electrons. The van der Waals surface area contributed by atoms with Crippen LogP contribution in [0.5, 0.6) is 0 Å². The van der Waals surface area contributed by atoms with Gasteiger partial charge in [0.05, 0.1) is 11.4 Å². The number of ketones is 1. The molecule has 0 saturated heterocycles. The van der Waals surface area contributed by atoms with Crippen LogP contribution in [-0.4, -0.2) is 31.3 Å². The van der Waals surface area contributed by atoms with E-state index in [1.807, 2.05) is 34.9 Å². The number of nitrogens with zero attached hydrogens (tertiary/aromatic N) is 3. The molecule has 0 spiro atoms. The summed E-state index contributed by atoms with van der Waals surface area (Å²) in [6.07, 6.45) is 1.75. The largest absolute Gasteiger partial charge is 0.359 e. The van der Waals surface area contributed by atoms with E-state index in [1.165, 1.54) is 22.9 Å². The number of aromatic nitrogens is 4. The number of aryl methyl sites for hydroxylation is 2. The lowest BCUT2D eigenvalue weighted by Gasteiger charge is -2.11. The second-order valence-corrected chi connectivity index (χ2v) is 7.58. The third-order valence-corrected chi connectivity index (χ3v) is 5.39. The van der Waals surface area contributed by atoms with Crippen molar-refractivity contribution in [2.75, 3.05) is 5.75 Å². The minimum absolute atomic E-state index is 0.0327. The average Bonchev–Trinajstić information content (AvgIpc) is 3.38. The van der Waals surface area contributed by atoms with Crippen molar-refractivity contribution in [1.29, 1.82) is 0 Å². The van der Waals surface area contributed by atoms with Gasteiger partial charge in [-0.3, -0.25) is 9.36 Å². The van der Waals surface area contributed by atoms with Gasteiger partial charge in [0.2, 0.25) is 0 Å². The molecule has 0 fully saturated rings. The van der Waals surface area contributed by atoms with Crippen LogP contribution in [0, 0.1) is 13.8 Å². The van der Waals surface area contributed by atoms with Gasteiger partial charge in [-0.1, -0.05) is 59.3 Å². The number of rotatable bonds is 6. The summed E-state index contributed by atoms with van der Waals surface area (Å²) < 4.78 is 2.01. The minimum Gasteiger partial charge on any atom is -0.359 e. The Morgan fingerprint density at radius 2 is 1.64 bits per heavy atom. The summed E-state index contributed by atoms with van der Waals surface area (Å²) in [4.78, 5) is 15.3. The predicted octanol–water partition coefficient (Wildman–Crippen LogP) is 4.85. The van der Waals surface area contributed by atoms with E-state index in [2.05, 4.69) is 53.3 Å². The number of H-pyrrole nitrogens is 1. The Kier molecular flexibility index (Phi) is 5.12. The van der Waals surface area contributed by atoms with E-state index in [1.54, 1.807) is 12.3 Å². The SMILES string of the molecule is Cc1ccc(-c2nnc(SCC(=O)c3ccc[nH]3)n2-c2ccc(C)cc2)cc1. The van der Waals surface area contributed by atoms with Crippen LogP contribution in [0.1, 0.15) is 21.6 Å². The Balaban J connectivity index is 1.70. The normalized spacial score (nSPS) is 10.9. The molecule has 0 aliphatic rings. The van der Waals surface area contributed by atoms with Crippen molar-refractivity contribution in [3.63, 3.8) is 0 Å². The smallest absolute Gasteiger partial charge is 0.196 e. The van der Waals surface area contributed by atoms with Gasteiger partial charge in [0, 0.05) is 17.4 Å². The zero-order valence-corrected chi connectivity index (χ0v) is 16.5. The maximum Gasteiger partial charge on any atom is 0.196 e. The molecular formula is C22H20N4OS. The van der Waals surface area contributed by atoms with Gasteiger partial charge < -0.3 is 4.98 Å². The molecule has 0 bridgehead atoms. The number of Topliss-reactive ketones (excluding diaryl/α,β-unsaturated/α-hetero) is 1. The molecule has 28 heavy (non-hydrogen) atoms. The van der Waals surface area contributed by atoms with Crippen LogP contribution in [0.25, 0.3) is 17.1 Å². The highest BCUT2D eigenvalue weighted by molar-refractivity contribution is 7.99. The second kappa shape index (κ2) is 7.86. The first-order valence-electron chi connectivity index (χ1n) is 9.01.